The summed E-state index contributed by atoms with van der Waals surface area (Å²) in [5, 5.41) is 3.45. The number of hydrogen-bond donors (Lipinski definition) is 2. The standard InChI is InChI=1S/C18H20FN6/c1-10(19)16-23-14(24-17(20)25-16)9-13-15(22-13)18(21-2)8-7-11-5-3-4-6-12(11)18/h2-6,10,13,15,22H,7-9H2,1H3,(H2,20,23,24,25)/q+1/t10-,13?,15?,18+/m1/s1. The Bertz CT molecular complexity index is 861. The van der Waals surface area contributed by atoms with Crippen LogP contribution in [0.3, 0.4) is 0 Å². The number of alkyl halides is 1. The second-order valence-corrected chi connectivity index (χ2v) is 6.75. The van der Waals surface area contributed by atoms with Crippen molar-refractivity contribution >= 4 is 5.95 Å². The number of rotatable bonds is 4. The summed E-state index contributed by atoms with van der Waals surface area (Å²) in [5.41, 5.74) is 7.74. The molecule has 6 nitrogen and oxygen atoms in total. The third-order valence-electron chi connectivity index (χ3n) is 5.17. The molecule has 4 rings (SSSR count). The number of nitrogens with two attached hydrogens (primary N) is 1. The number of nitrogen functional groups attached to an aromatic ring is 1. The van der Waals surface area contributed by atoms with Gasteiger partial charge in [0, 0.05) is 24.4 Å². The van der Waals surface area contributed by atoms with Gasteiger partial charge in [0.05, 0.1) is 0 Å². The van der Waals surface area contributed by atoms with Crippen molar-refractivity contribution < 1.29 is 4.39 Å². The zero-order valence-electron chi connectivity index (χ0n) is 14.0. The summed E-state index contributed by atoms with van der Waals surface area (Å²) in [7, 11) is 0. The molecular formula is C18H20FN6+. The number of anilines is 1. The number of benzene rings is 1. The number of aromatic nitrogens is 3. The first-order valence-electron chi connectivity index (χ1n) is 8.44. The van der Waals surface area contributed by atoms with Gasteiger partial charge >= 0.3 is 5.54 Å². The molecule has 2 aliphatic rings. The Hall–Kier alpha value is -2.59. The molecule has 1 saturated heterocycles. The lowest BCUT2D eigenvalue weighted by Gasteiger charge is -2.12. The van der Waals surface area contributed by atoms with Crippen molar-refractivity contribution in [1.82, 2.24) is 20.3 Å². The number of nitrogens with zero attached hydrogens (tertiary/aromatic N) is 4. The van der Waals surface area contributed by atoms with Crippen molar-refractivity contribution in [1.29, 1.82) is 0 Å². The Morgan fingerprint density at radius 3 is 2.96 bits per heavy atom. The van der Waals surface area contributed by atoms with Gasteiger partial charge in [0.25, 0.3) is 6.57 Å². The molecule has 3 N–H and O–H groups in total. The normalized spacial score (nSPS) is 28.2. The Morgan fingerprint density at radius 1 is 1.40 bits per heavy atom. The van der Waals surface area contributed by atoms with Crippen LogP contribution in [0.1, 0.15) is 42.3 Å². The summed E-state index contributed by atoms with van der Waals surface area (Å²) in [6, 6.07) is 8.52. The van der Waals surface area contributed by atoms with Gasteiger partial charge in [-0.05, 0) is 18.9 Å². The Kier molecular flexibility index (Phi) is 3.65. The van der Waals surface area contributed by atoms with Crippen LogP contribution in [-0.4, -0.2) is 27.0 Å². The summed E-state index contributed by atoms with van der Waals surface area (Å²) in [4.78, 5) is 16.4. The largest absolute Gasteiger partial charge is 0.368 e. The second kappa shape index (κ2) is 5.74. The molecule has 0 spiro atoms. The molecule has 1 aromatic heterocycles. The lowest BCUT2D eigenvalue weighted by Crippen LogP contribution is -2.29. The van der Waals surface area contributed by atoms with E-state index < -0.39 is 11.7 Å². The number of aryl methyl sites for hydroxylation is 1. The monoisotopic (exact) mass is 339 g/mol. The van der Waals surface area contributed by atoms with E-state index in [1.807, 2.05) is 12.1 Å². The molecule has 1 aromatic carbocycles. The van der Waals surface area contributed by atoms with Crippen LogP contribution in [0.4, 0.5) is 10.3 Å². The van der Waals surface area contributed by atoms with E-state index in [0.717, 1.165) is 12.8 Å². The van der Waals surface area contributed by atoms with E-state index in [2.05, 4.69) is 37.2 Å². The van der Waals surface area contributed by atoms with E-state index >= 15 is 0 Å². The molecule has 0 bridgehead atoms. The highest BCUT2D eigenvalue weighted by Gasteiger charge is 2.64. The van der Waals surface area contributed by atoms with Crippen molar-refractivity contribution in [3.05, 3.63) is 51.9 Å². The molecule has 0 radical (unpaired) electrons. The molecule has 1 aliphatic carbocycles. The fourth-order valence-electron chi connectivity index (χ4n) is 3.90. The van der Waals surface area contributed by atoms with Crippen LogP contribution in [0, 0.1) is 6.57 Å². The number of fused-ring (bicyclic) bond motifs is 1. The quantitative estimate of drug-likeness (QED) is 0.833. The Balaban J connectivity index is 1.56. The molecule has 4 atom stereocenters. The van der Waals surface area contributed by atoms with Gasteiger partial charge in [-0.3, -0.25) is 5.32 Å². The molecule has 2 heterocycles. The van der Waals surface area contributed by atoms with E-state index in [0.29, 0.717) is 12.2 Å². The average molecular weight is 339 g/mol. The molecule has 2 aromatic rings. The van der Waals surface area contributed by atoms with Crippen LogP contribution < -0.4 is 11.1 Å². The Morgan fingerprint density at radius 2 is 2.20 bits per heavy atom. The third-order valence-corrected chi connectivity index (χ3v) is 5.17. The van der Waals surface area contributed by atoms with Crippen molar-refractivity contribution in [3.63, 3.8) is 0 Å². The van der Waals surface area contributed by atoms with Crippen LogP contribution in [-0.2, 0) is 18.4 Å². The summed E-state index contributed by atoms with van der Waals surface area (Å²) in [6.45, 7) is 7.23. The van der Waals surface area contributed by atoms with Gasteiger partial charge in [-0.1, -0.05) is 29.1 Å². The minimum absolute atomic E-state index is 0.0473. The minimum Gasteiger partial charge on any atom is -0.368 e. The molecular weight excluding hydrogens is 319 g/mol. The topological polar surface area (TPSA) is 91.0 Å². The predicted molar refractivity (Wildman–Crippen MR) is 92.9 cm³/mol. The van der Waals surface area contributed by atoms with Crippen molar-refractivity contribution in [3.8, 4) is 6.57 Å². The van der Waals surface area contributed by atoms with E-state index in [-0.39, 0.29) is 23.9 Å². The van der Waals surface area contributed by atoms with Gasteiger partial charge in [0.2, 0.25) is 5.95 Å². The third kappa shape index (κ3) is 2.63. The zero-order valence-corrected chi connectivity index (χ0v) is 14.0. The molecule has 0 amide bonds. The fraction of sp³-hybridized carbons (Fsp3) is 0.444. The van der Waals surface area contributed by atoms with Crippen LogP contribution >= 0.6 is 0 Å². The molecule has 128 valence electrons. The van der Waals surface area contributed by atoms with Gasteiger partial charge in [0.15, 0.2) is 12.0 Å². The van der Waals surface area contributed by atoms with Gasteiger partial charge in [-0.25, -0.2) is 9.37 Å². The van der Waals surface area contributed by atoms with Gasteiger partial charge in [-0.15, -0.1) is 0 Å². The smallest absolute Gasteiger partial charge is 0.322 e. The summed E-state index contributed by atoms with van der Waals surface area (Å²) >= 11 is 0. The molecule has 0 saturated carbocycles. The number of nitrogens with one attached hydrogen (secondary N) is 1. The summed E-state index contributed by atoms with van der Waals surface area (Å²) in [5.74, 6) is 0.612. The lowest BCUT2D eigenvalue weighted by atomic mass is 9.86. The highest BCUT2D eigenvalue weighted by Crippen LogP contribution is 2.47. The average Bonchev–Trinajstić information content (AvgIpc) is 3.25. The van der Waals surface area contributed by atoms with Crippen LogP contribution in [0.15, 0.2) is 24.3 Å². The number of hydrogen-bond acceptors (Lipinski definition) is 5. The Labute approximate surface area is 145 Å². The summed E-state index contributed by atoms with van der Waals surface area (Å²) < 4.78 is 13.5. The SMILES string of the molecule is C#[N+][C@@]1(C2NC2Cc2nc(N)nc([C@@H](C)F)n2)CCc2ccccc21. The molecule has 2 unspecified atom stereocenters. The highest BCUT2D eigenvalue weighted by atomic mass is 19.1. The maximum atomic E-state index is 13.5. The maximum Gasteiger partial charge on any atom is 0.322 e. The van der Waals surface area contributed by atoms with Crippen molar-refractivity contribution in [2.75, 3.05) is 5.73 Å². The van der Waals surface area contributed by atoms with E-state index in [1.54, 1.807) is 0 Å². The molecule has 1 aliphatic heterocycles. The van der Waals surface area contributed by atoms with Gasteiger partial charge in [-0.2, -0.15) is 9.97 Å². The number of halogens is 1. The lowest BCUT2D eigenvalue weighted by molar-refractivity contribution is 0.354. The molecule has 7 heteroatoms. The van der Waals surface area contributed by atoms with Crippen LogP contribution in [0.5, 0.6) is 0 Å². The van der Waals surface area contributed by atoms with Gasteiger partial charge < -0.3 is 5.73 Å². The first kappa shape index (κ1) is 15.9. The van der Waals surface area contributed by atoms with Crippen LogP contribution in [0.2, 0.25) is 0 Å². The predicted octanol–water partition coefficient (Wildman–Crippen LogP) is 2.17. The first-order chi connectivity index (χ1) is 12.0. The van der Waals surface area contributed by atoms with Gasteiger partial charge in [0.1, 0.15) is 11.9 Å². The van der Waals surface area contributed by atoms with Crippen LogP contribution in [0.25, 0.3) is 4.85 Å². The second-order valence-electron chi connectivity index (χ2n) is 6.75. The zero-order chi connectivity index (χ0) is 17.6. The first-order valence-corrected chi connectivity index (χ1v) is 8.44. The molecule has 25 heavy (non-hydrogen) atoms. The van der Waals surface area contributed by atoms with Crippen molar-refractivity contribution in [2.45, 2.75) is 50.0 Å². The highest BCUT2D eigenvalue weighted by molar-refractivity contribution is 5.46. The maximum absolute atomic E-state index is 13.5. The minimum atomic E-state index is -1.28. The molecule has 1 fully saturated rings. The van der Waals surface area contributed by atoms with E-state index in [9.17, 15) is 4.39 Å². The van der Waals surface area contributed by atoms with E-state index in [4.69, 9.17) is 12.3 Å². The van der Waals surface area contributed by atoms with E-state index in [1.165, 1.54) is 18.1 Å². The van der Waals surface area contributed by atoms with Crippen molar-refractivity contribution in [2.24, 2.45) is 0 Å². The summed E-state index contributed by atoms with van der Waals surface area (Å²) in [6.07, 6.45) is 1.10. The fourth-order valence-corrected chi connectivity index (χ4v) is 3.90.